The van der Waals surface area contributed by atoms with Crippen LogP contribution in [-0.4, -0.2) is 67.8 Å². The highest BCUT2D eigenvalue weighted by Gasteiger charge is 2.39. The van der Waals surface area contributed by atoms with Crippen LogP contribution in [0.15, 0.2) is 29.8 Å². The second-order valence-electron chi connectivity index (χ2n) is 7.69. The van der Waals surface area contributed by atoms with Crippen LogP contribution in [0.1, 0.15) is 22.5 Å². The van der Waals surface area contributed by atoms with Crippen LogP contribution in [0.25, 0.3) is 10.6 Å². The Labute approximate surface area is 200 Å². The lowest BCUT2D eigenvalue weighted by Gasteiger charge is -2.33. The van der Waals surface area contributed by atoms with Crippen molar-refractivity contribution >= 4 is 33.4 Å². The lowest BCUT2D eigenvalue weighted by Crippen LogP contribution is -2.50. The van der Waals surface area contributed by atoms with Crippen molar-refractivity contribution in [3.05, 3.63) is 36.0 Å². The number of primary amides is 1. The van der Waals surface area contributed by atoms with E-state index in [0.717, 1.165) is 10.4 Å². The van der Waals surface area contributed by atoms with Crippen LogP contribution in [-0.2, 0) is 23.2 Å². The molecule has 0 bridgehead atoms. The number of anilines is 1. The third-order valence-corrected chi connectivity index (χ3v) is 7.74. The van der Waals surface area contributed by atoms with Crippen molar-refractivity contribution in [2.24, 2.45) is 12.8 Å². The summed E-state index contributed by atoms with van der Waals surface area (Å²) in [7, 11) is -2.41. The van der Waals surface area contributed by atoms with Crippen molar-refractivity contribution in [3.8, 4) is 10.6 Å². The van der Waals surface area contributed by atoms with E-state index < -0.39 is 52.1 Å². The summed E-state index contributed by atoms with van der Waals surface area (Å²) in [4.78, 5) is 22.6. The van der Waals surface area contributed by atoms with Gasteiger partial charge in [-0.1, -0.05) is 0 Å². The fourth-order valence-electron chi connectivity index (χ4n) is 3.43. The standard InChI is InChI=1S/C18H18F4N8O3S2/c1-29-7-14(25-8-29)35(32,33)30-3-2-11(10(19)6-30)26-17-24-5-9(18(20,21)22)15(27-17)13-4-12(16(23)31)28-34-13/h4-5,7-8,10-11H,2-3,6H2,1H3,(H2,23,31)(H,24,26,27)/t10-,11-/m1/s1. The summed E-state index contributed by atoms with van der Waals surface area (Å²) in [5, 5.41) is 2.44. The largest absolute Gasteiger partial charge is 0.420 e. The number of amides is 1. The molecule has 0 aliphatic carbocycles. The lowest BCUT2D eigenvalue weighted by atomic mass is 10.1. The normalized spacial score (nSPS) is 19.6. The Kier molecular flexibility index (Phi) is 6.50. The first-order valence-electron chi connectivity index (χ1n) is 9.96. The molecule has 1 aliphatic heterocycles. The first-order chi connectivity index (χ1) is 16.4. The van der Waals surface area contributed by atoms with Crippen LogP contribution in [0, 0.1) is 0 Å². The van der Waals surface area contributed by atoms with Gasteiger partial charge in [0.05, 0.1) is 22.9 Å². The number of aromatic nitrogens is 5. The molecule has 3 aromatic rings. The van der Waals surface area contributed by atoms with Crippen molar-refractivity contribution in [2.45, 2.75) is 29.8 Å². The lowest BCUT2D eigenvalue weighted by molar-refractivity contribution is -0.137. The van der Waals surface area contributed by atoms with E-state index in [0.29, 0.717) is 17.7 Å². The maximum Gasteiger partial charge on any atom is 0.420 e. The van der Waals surface area contributed by atoms with Gasteiger partial charge in [-0.3, -0.25) is 4.79 Å². The molecule has 4 heterocycles. The zero-order valence-corrected chi connectivity index (χ0v) is 19.5. The molecule has 2 atom stereocenters. The predicted octanol–water partition coefficient (Wildman–Crippen LogP) is 1.66. The number of nitrogens with one attached hydrogen (secondary N) is 1. The van der Waals surface area contributed by atoms with E-state index in [1.54, 1.807) is 7.05 Å². The van der Waals surface area contributed by atoms with E-state index in [1.807, 2.05) is 0 Å². The SMILES string of the molecule is Cn1cnc(S(=O)(=O)N2CC[C@@H](Nc3ncc(C(F)(F)F)c(-c4cc(C(N)=O)ns4)n3)[C@H](F)C2)c1. The predicted molar refractivity (Wildman–Crippen MR) is 116 cm³/mol. The van der Waals surface area contributed by atoms with Crippen LogP contribution >= 0.6 is 11.5 Å². The zero-order chi connectivity index (χ0) is 25.5. The number of piperidine rings is 1. The molecule has 1 saturated heterocycles. The average molecular weight is 535 g/mol. The molecule has 35 heavy (non-hydrogen) atoms. The Hall–Kier alpha value is -3.18. The van der Waals surface area contributed by atoms with Crippen molar-refractivity contribution in [3.63, 3.8) is 0 Å². The summed E-state index contributed by atoms with van der Waals surface area (Å²) in [6, 6.07) is 0.116. The molecule has 0 radical (unpaired) electrons. The monoisotopic (exact) mass is 534 g/mol. The number of aryl methyl sites for hydroxylation is 1. The highest BCUT2D eigenvalue weighted by molar-refractivity contribution is 7.89. The Balaban J connectivity index is 1.55. The fraction of sp³-hybridized carbons (Fsp3) is 0.389. The van der Waals surface area contributed by atoms with Crippen molar-refractivity contribution < 1.29 is 30.8 Å². The van der Waals surface area contributed by atoms with E-state index >= 15 is 0 Å². The van der Waals surface area contributed by atoms with E-state index in [2.05, 4.69) is 24.6 Å². The van der Waals surface area contributed by atoms with Gasteiger partial charge >= 0.3 is 6.18 Å². The summed E-state index contributed by atoms with van der Waals surface area (Å²) in [6.07, 6.45) is -3.36. The summed E-state index contributed by atoms with van der Waals surface area (Å²) in [6.45, 7) is -0.539. The molecule has 188 valence electrons. The van der Waals surface area contributed by atoms with Gasteiger partial charge < -0.3 is 15.6 Å². The van der Waals surface area contributed by atoms with Crippen molar-refractivity contribution in [1.29, 1.82) is 0 Å². The van der Waals surface area contributed by atoms with Gasteiger partial charge in [-0.2, -0.15) is 21.9 Å². The summed E-state index contributed by atoms with van der Waals surface area (Å²) in [5.74, 6) is -1.21. The van der Waals surface area contributed by atoms with Crippen LogP contribution in [0.4, 0.5) is 23.5 Å². The number of alkyl halides is 4. The van der Waals surface area contributed by atoms with Gasteiger partial charge in [0.15, 0.2) is 5.03 Å². The molecule has 3 aromatic heterocycles. The molecular weight excluding hydrogens is 516 g/mol. The van der Waals surface area contributed by atoms with E-state index in [1.165, 1.54) is 17.1 Å². The molecule has 3 N–H and O–H groups in total. The Morgan fingerprint density at radius 2 is 2.06 bits per heavy atom. The number of rotatable bonds is 6. The molecule has 4 rings (SSSR count). The number of carbonyl (C=O) groups is 1. The summed E-state index contributed by atoms with van der Waals surface area (Å²) in [5.41, 5.74) is 3.18. The number of nitrogens with two attached hydrogens (primary N) is 1. The van der Waals surface area contributed by atoms with Crippen molar-refractivity contribution in [2.75, 3.05) is 18.4 Å². The van der Waals surface area contributed by atoms with Gasteiger partial charge in [-0.05, 0) is 24.0 Å². The molecule has 0 saturated carbocycles. The smallest absolute Gasteiger partial charge is 0.364 e. The molecule has 1 fully saturated rings. The molecule has 0 spiro atoms. The molecular formula is C18H18F4N8O3S2. The minimum absolute atomic E-state index is 0.000668. The van der Waals surface area contributed by atoms with Crippen LogP contribution < -0.4 is 11.1 Å². The molecule has 0 aromatic carbocycles. The second-order valence-corrected chi connectivity index (χ2v) is 10.4. The number of hydrogen-bond donors (Lipinski definition) is 2. The summed E-state index contributed by atoms with van der Waals surface area (Å²) >= 11 is 0.595. The number of nitrogens with zero attached hydrogens (tertiary/aromatic N) is 6. The molecule has 11 nitrogen and oxygen atoms in total. The third kappa shape index (κ3) is 5.10. The van der Waals surface area contributed by atoms with Gasteiger partial charge in [-0.15, -0.1) is 0 Å². The van der Waals surface area contributed by atoms with Crippen LogP contribution in [0.5, 0.6) is 0 Å². The number of imidazole rings is 1. The minimum Gasteiger partial charge on any atom is -0.364 e. The Morgan fingerprint density at radius 3 is 2.63 bits per heavy atom. The maximum atomic E-state index is 14.9. The maximum absolute atomic E-state index is 14.9. The minimum atomic E-state index is -4.81. The van der Waals surface area contributed by atoms with Gasteiger partial charge in [0, 0.05) is 32.5 Å². The quantitative estimate of drug-likeness (QED) is 0.454. The van der Waals surface area contributed by atoms with Crippen LogP contribution in [0.2, 0.25) is 0 Å². The van der Waals surface area contributed by atoms with E-state index in [4.69, 9.17) is 5.73 Å². The average Bonchev–Trinajstić information content (AvgIpc) is 3.44. The molecule has 17 heteroatoms. The van der Waals surface area contributed by atoms with Gasteiger partial charge in [0.2, 0.25) is 5.95 Å². The first-order valence-corrected chi connectivity index (χ1v) is 12.2. The Morgan fingerprint density at radius 1 is 1.31 bits per heavy atom. The number of halogens is 4. The molecule has 1 aliphatic rings. The van der Waals surface area contributed by atoms with Gasteiger partial charge in [0.1, 0.15) is 17.4 Å². The second kappa shape index (κ2) is 9.12. The molecule has 0 unspecified atom stereocenters. The van der Waals surface area contributed by atoms with Crippen molar-refractivity contribution in [1.82, 2.24) is 28.2 Å². The topological polar surface area (TPSA) is 149 Å². The van der Waals surface area contributed by atoms with Gasteiger partial charge in [-0.25, -0.2) is 27.8 Å². The van der Waals surface area contributed by atoms with Crippen LogP contribution in [0.3, 0.4) is 0 Å². The van der Waals surface area contributed by atoms with Gasteiger partial charge in [0.25, 0.3) is 15.9 Å². The Bertz CT molecular complexity index is 1360. The number of carbonyl (C=O) groups excluding carboxylic acids is 1. The third-order valence-electron chi connectivity index (χ3n) is 5.19. The van der Waals surface area contributed by atoms with E-state index in [-0.39, 0.29) is 34.5 Å². The number of hydrogen-bond acceptors (Lipinski definition) is 9. The highest BCUT2D eigenvalue weighted by Crippen LogP contribution is 2.37. The van der Waals surface area contributed by atoms with E-state index in [9.17, 15) is 30.8 Å². The first kappa shape index (κ1) is 24.9. The zero-order valence-electron chi connectivity index (χ0n) is 17.9. The summed E-state index contributed by atoms with van der Waals surface area (Å²) < 4.78 is 87.0. The fourth-order valence-corrected chi connectivity index (χ4v) is 5.60. The highest BCUT2D eigenvalue weighted by atomic mass is 32.2. The number of sulfonamides is 1. The molecule has 1 amide bonds.